The standard InChI is InChI=1S/C11H19N3O/c1-3-6-14-10(7-12-9-4-5-9)11(15-2)8-13-14/h8-9,12H,3-7H2,1-2H3. The fourth-order valence-corrected chi connectivity index (χ4v) is 1.68. The first-order valence-electron chi connectivity index (χ1n) is 5.67. The summed E-state index contributed by atoms with van der Waals surface area (Å²) >= 11 is 0. The molecule has 2 rings (SSSR count). The molecule has 4 heteroatoms. The Morgan fingerprint density at radius 1 is 1.60 bits per heavy atom. The van der Waals surface area contributed by atoms with Crippen LogP contribution in [0.4, 0.5) is 0 Å². The number of aryl methyl sites for hydroxylation is 1. The molecule has 1 saturated carbocycles. The Morgan fingerprint density at radius 3 is 3.00 bits per heavy atom. The van der Waals surface area contributed by atoms with Crippen LogP contribution in [0.3, 0.4) is 0 Å². The summed E-state index contributed by atoms with van der Waals surface area (Å²) in [6.45, 7) is 3.99. The quantitative estimate of drug-likeness (QED) is 0.772. The van der Waals surface area contributed by atoms with Crippen LogP contribution in [-0.4, -0.2) is 22.9 Å². The Morgan fingerprint density at radius 2 is 2.40 bits per heavy atom. The van der Waals surface area contributed by atoms with Crippen LogP contribution in [0.2, 0.25) is 0 Å². The molecular formula is C11H19N3O. The Bertz CT molecular complexity index is 318. The summed E-state index contributed by atoms with van der Waals surface area (Å²) in [5.41, 5.74) is 1.17. The summed E-state index contributed by atoms with van der Waals surface area (Å²) in [4.78, 5) is 0. The zero-order valence-corrected chi connectivity index (χ0v) is 9.49. The van der Waals surface area contributed by atoms with Gasteiger partial charge in [0.1, 0.15) is 0 Å². The SMILES string of the molecule is CCCn1ncc(OC)c1CNC1CC1. The number of rotatable bonds is 6. The summed E-state index contributed by atoms with van der Waals surface area (Å²) in [5, 5.41) is 7.82. The molecule has 0 radical (unpaired) electrons. The maximum atomic E-state index is 5.30. The van der Waals surface area contributed by atoms with Gasteiger partial charge in [-0.1, -0.05) is 6.92 Å². The molecule has 0 atom stereocenters. The molecule has 0 amide bonds. The number of methoxy groups -OCH3 is 1. The molecule has 0 bridgehead atoms. The molecule has 1 aromatic rings. The molecule has 0 saturated heterocycles. The molecule has 4 nitrogen and oxygen atoms in total. The Hall–Kier alpha value is -1.03. The van der Waals surface area contributed by atoms with Crippen molar-refractivity contribution in [3.63, 3.8) is 0 Å². The molecule has 1 aliphatic carbocycles. The summed E-state index contributed by atoms with van der Waals surface area (Å²) in [7, 11) is 1.70. The van der Waals surface area contributed by atoms with Gasteiger partial charge in [-0.15, -0.1) is 0 Å². The molecule has 1 heterocycles. The van der Waals surface area contributed by atoms with E-state index in [1.54, 1.807) is 13.3 Å². The van der Waals surface area contributed by atoms with Crippen molar-refractivity contribution >= 4 is 0 Å². The summed E-state index contributed by atoms with van der Waals surface area (Å²) in [5.74, 6) is 0.900. The number of aromatic nitrogens is 2. The van der Waals surface area contributed by atoms with Crippen LogP contribution in [0.1, 0.15) is 31.9 Å². The molecule has 0 unspecified atom stereocenters. The first-order valence-corrected chi connectivity index (χ1v) is 5.67. The average Bonchev–Trinajstić information content (AvgIpc) is 2.99. The van der Waals surface area contributed by atoms with Gasteiger partial charge in [0.15, 0.2) is 5.75 Å². The molecule has 0 spiro atoms. The minimum absolute atomic E-state index is 0.722. The van der Waals surface area contributed by atoms with Crippen molar-refractivity contribution in [1.82, 2.24) is 15.1 Å². The lowest BCUT2D eigenvalue weighted by atomic mass is 10.3. The number of nitrogens with zero attached hydrogens (tertiary/aromatic N) is 2. The van der Waals surface area contributed by atoms with E-state index in [2.05, 4.69) is 17.3 Å². The van der Waals surface area contributed by atoms with Crippen molar-refractivity contribution in [3.05, 3.63) is 11.9 Å². The highest BCUT2D eigenvalue weighted by Crippen LogP contribution is 2.22. The Labute approximate surface area is 90.6 Å². The smallest absolute Gasteiger partial charge is 0.161 e. The molecule has 15 heavy (non-hydrogen) atoms. The maximum Gasteiger partial charge on any atom is 0.161 e. The van der Waals surface area contributed by atoms with E-state index < -0.39 is 0 Å². The van der Waals surface area contributed by atoms with Crippen molar-refractivity contribution in [2.45, 2.75) is 45.3 Å². The molecular weight excluding hydrogens is 190 g/mol. The normalized spacial score (nSPS) is 15.6. The predicted molar refractivity (Wildman–Crippen MR) is 58.9 cm³/mol. The average molecular weight is 209 g/mol. The van der Waals surface area contributed by atoms with E-state index in [9.17, 15) is 0 Å². The van der Waals surface area contributed by atoms with Crippen molar-refractivity contribution in [3.8, 4) is 5.75 Å². The highest BCUT2D eigenvalue weighted by molar-refractivity contribution is 5.25. The summed E-state index contributed by atoms with van der Waals surface area (Å²) in [6, 6.07) is 0.722. The molecule has 1 fully saturated rings. The Kier molecular flexibility index (Phi) is 3.26. The number of nitrogens with one attached hydrogen (secondary N) is 1. The maximum absolute atomic E-state index is 5.30. The van der Waals surface area contributed by atoms with Gasteiger partial charge in [-0.2, -0.15) is 5.10 Å². The van der Waals surface area contributed by atoms with Gasteiger partial charge in [0.25, 0.3) is 0 Å². The second-order valence-corrected chi connectivity index (χ2v) is 4.04. The third-order valence-electron chi connectivity index (χ3n) is 2.70. The van der Waals surface area contributed by atoms with E-state index in [-0.39, 0.29) is 0 Å². The van der Waals surface area contributed by atoms with Gasteiger partial charge in [-0.25, -0.2) is 0 Å². The second kappa shape index (κ2) is 4.66. The highest BCUT2D eigenvalue weighted by atomic mass is 16.5. The number of hydrogen-bond donors (Lipinski definition) is 1. The fraction of sp³-hybridized carbons (Fsp3) is 0.727. The minimum atomic E-state index is 0.722. The van der Waals surface area contributed by atoms with E-state index in [4.69, 9.17) is 4.74 Å². The lowest BCUT2D eigenvalue weighted by Gasteiger charge is -2.08. The Balaban J connectivity index is 2.04. The van der Waals surface area contributed by atoms with Crippen LogP contribution in [0.5, 0.6) is 5.75 Å². The molecule has 1 aliphatic rings. The van der Waals surface area contributed by atoms with Gasteiger partial charge in [-0.05, 0) is 19.3 Å². The van der Waals surface area contributed by atoms with Crippen LogP contribution in [0.25, 0.3) is 0 Å². The zero-order valence-electron chi connectivity index (χ0n) is 9.49. The fourth-order valence-electron chi connectivity index (χ4n) is 1.68. The summed E-state index contributed by atoms with van der Waals surface area (Å²) in [6.07, 6.45) is 5.52. The van der Waals surface area contributed by atoms with Gasteiger partial charge in [0.2, 0.25) is 0 Å². The van der Waals surface area contributed by atoms with Crippen LogP contribution < -0.4 is 10.1 Å². The van der Waals surface area contributed by atoms with Crippen LogP contribution in [0, 0.1) is 0 Å². The number of ether oxygens (including phenoxy) is 1. The number of hydrogen-bond acceptors (Lipinski definition) is 3. The molecule has 1 N–H and O–H groups in total. The third-order valence-corrected chi connectivity index (χ3v) is 2.70. The first-order chi connectivity index (χ1) is 7.35. The highest BCUT2D eigenvalue weighted by Gasteiger charge is 2.21. The lowest BCUT2D eigenvalue weighted by molar-refractivity contribution is 0.403. The van der Waals surface area contributed by atoms with Crippen molar-refractivity contribution < 1.29 is 4.74 Å². The lowest BCUT2D eigenvalue weighted by Crippen LogP contribution is -2.19. The van der Waals surface area contributed by atoms with E-state index in [1.807, 2.05) is 4.68 Å². The van der Waals surface area contributed by atoms with E-state index >= 15 is 0 Å². The predicted octanol–water partition coefficient (Wildman–Crippen LogP) is 1.55. The topological polar surface area (TPSA) is 39.1 Å². The molecule has 84 valence electrons. The molecule has 0 aromatic carbocycles. The van der Waals surface area contributed by atoms with E-state index in [0.717, 1.165) is 31.3 Å². The van der Waals surface area contributed by atoms with Gasteiger partial charge in [0.05, 0.1) is 19.0 Å². The van der Waals surface area contributed by atoms with Crippen molar-refractivity contribution in [2.75, 3.05) is 7.11 Å². The third kappa shape index (κ3) is 2.50. The van der Waals surface area contributed by atoms with E-state index in [0.29, 0.717) is 0 Å². The van der Waals surface area contributed by atoms with Crippen LogP contribution >= 0.6 is 0 Å². The van der Waals surface area contributed by atoms with Crippen LogP contribution in [0.15, 0.2) is 6.20 Å². The van der Waals surface area contributed by atoms with Gasteiger partial charge >= 0.3 is 0 Å². The van der Waals surface area contributed by atoms with Gasteiger partial charge in [-0.3, -0.25) is 4.68 Å². The largest absolute Gasteiger partial charge is 0.493 e. The van der Waals surface area contributed by atoms with Crippen LogP contribution in [-0.2, 0) is 13.1 Å². The van der Waals surface area contributed by atoms with Gasteiger partial charge in [0, 0.05) is 19.1 Å². The first kappa shape index (κ1) is 10.5. The zero-order chi connectivity index (χ0) is 10.7. The van der Waals surface area contributed by atoms with Gasteiger partial charge < -0.3 is 10.1 Å². The molecule has 0 aliphatic heterocycles. The molecule has 1 aromatic heterocycles. The summed E-state index contributed by atoms with van der Waals surface area (Å²) < 4.78 is 7.34. The second-order valence-electron chi connectivity index (χ2n) is 4.04. The van der Waals surface area contributed by atoms with Crippen molar-refractivity contribution in [1.29, 1.82) is 0 Å². The minimum Gasteiger partial charge on any atom is -0.493 e. The van der Waals surface area contributed by atoms with E-state index in [1.165, 1.54) is 18.5 Å². The van der Waals surface area contributed by atoms with Crippen molar-refractivity contribution in [2.24, 2.45) is 0 Å². The monoisotopic (exact) mass is 209 g/mol.